The Balaban J connectivity index is 1.41. The van der Waals surface area contributed by atoms with E-state index in [9.17, 15) is 9.59 Å². The normalized spacial score (nSPS) is 15.0. The quantitative estimate of drug-likeness (QED) is 0.746. The van der Waals surface area contributed by atoms with Crippen LogP contribution >= 0.6 is 0 Å². The first-order valence-corrected chi connectivity index (χ1v) is 9.27. The van der Waals surface area contributed by atoms with E-state index in [-0.39, 0.29) is 11.8 Å². The molecule has 8 heteroatoms. The van der Waals surface area contributed by atoms with Crippen molar-refractivity contribution in [3.05, 3.63) is 60.0 Å². The second-order valence-electron chi connectivity index (χ2n) is 6.87. The predicted molar refractivity (Wildman–Crippen MR) is 105 cm³/mol. The Kier molecular flexibility index (Phi) is 5.03. The molecule has 2 aromatic heterocycles. The van der Waals surface area contributed by atoms with E-state index in [1.165, 1.54) is 10.7 Å². The lowest BCUT2D eigenvalue weighted by atomic mass is 10.1. The van der Waals surface area contributed by atoms with Crippen molar-refractivity contribution in [1.82, 2.24) is 24.4 Å². The zero-order valence-electron chi connectivity index (χ0n) is 15.7. The number of rotatable bonds is 4. The van der Waals surface area contributed by atoms with Gasteiger partial charge in [0.2, 0.25) is 5.91 Å². The molecule has 0 aliphatic carbocycles. The highest BCUT2D eigenvalue weighted by molar-refractivity contribution is 6.03. The summed E-state index contributed by atoms with van der Waals surface area (Å²) in [6.07, 6.45) is 3.15. The lowest BCUT2D eigenvalue weighted by molar-refractivity contribution is -0.130. The SMILES string of the molecule is CC(=O)N1CCN(Cc2cccc(NC(=O)c3cnc4cccnn34)c2)CC1. The minimum absolute atomic E-state index is 0.131. The molecule has 1 saturated heterocycles. The fraction of sp³-hybridized carbons (Fsp3) is 0.300. The number of nitrogens with zero attached hydrogens (tertiary/aromatic N) is 5. The van der Waals surface area contributed by atoms with Gasteiger partial charge in [0.05, 0.1) is 6.20 Å². The van der Waals surface area contributed by atoms with E-state index in [4.69, 9.17) is 0 Å². The Labute approximate surface area is 162 Å². The zero-order valence-corrected chi connectivity index (χ0v) is 15.7. The van der Waals surface area contributed by atoms with Gasteiger partial charge in [0.25, 0.3) is 5.91 Å². The summed E-state index contributed by atoms with van der Waals surface area (Å²) in [5.74, 6) is -0.121. The molecule has 0 spiro atoms. The van der Waals surface area contributed by atoms with Gasteiger partial charge in [0.1, 0.15) is 0 Å². The molecule has 1 aliphatic rings. The zero-order chi connectivity index (χ0) is 19.5. The Morgan fingerprint density at radius 3 is 2.71 bits per heavy atom. The molecule has 0 atom stereocenters. The van der Waals surface area contributed by atoms with Crippen LogP contribution in [-0.2, 0) is 11.3 Å². The van der Waals surface area contributed by atoms with Gasteiger partial charge in [-0.05, 0) is 29.8 Å². The number of amides is 2. The van der Waals surface area contributed by atoms with Crippen molar-refractivity contribution in [3.8, 4) is 0 Å². The highest BCUT2D eigenvalue weighted by Gasteiger charge is 2.19. The first kappa shape index (κ1) is 18.1. The number of carbonyl (C=O) groups excluding carboxylic acids is 2. The van der Waals surface area contributed by atoms with Crippen LogP contribution in [0.3, 0.4) is 0 Å². The van der Waals surface area contributed by atoms with Gasteiger partial charge < -0.3 is 10.2 Å². The van der Waals surface area contributed by atoms with Crippen LogP contribution in [0.4, 0.5) is 5.69 Å². The molecule has 1 fully saturated rings. The van der Waals surface area contributed by atoms with E-state index in [1.807, 2.05) is 29.2 Å². The summed E-state index contributed by atoms with van der Waals surface area (Å²) in [4.78, 5) is 32.5. The maximum atomic E-state index is 12.6. The minimum Gasteiger partial charge on any atom is -0.340 e. The second kappa shape index (κ2) is 7.77. The van der Waals surface area contributed by atoms with Crippen LogP contribution in [0.2, 0.25) is 0 Å². The monoisotopic (exact) mass is 378 g/mol. The summed E-state index contributed by atoms with van der Waals surface area (Å²) in [5.41, 5.74) is 2.87. The maximum Gasteiger partial charge on any atom is 0.276 e. The molecule has 8 nitrogen and oxygen atoms in total. The lowest BCUT2D eigenvalue weighted by Gasteiger charge is -2.34. The maximum absolute atomic E-state index is 12.6. The van der Waals surface area contributed by atoms with Crippen LogP contribution in [0.15, 0.2) is 48.8 Å². The molecule has 3 heterocycles. The van der Waals surface area contributed by atoms with Crippen LogP contribution in [0.1, 0.15) is 23.0 Å². The summed E-state index contributed by atoms with van der Waals surface area (Å²) in [6, 6.07) is 11.4. The third-order valence-corrected chi connectivity index (χ3v) is 4.92. The summed E-state index contributed by atoms with van der Waals surface area (Å²) in [7, 11) is 0. The molecular weight excluding hydrogens is 356 g/mol. The Morgan fingerprint density at radius 1 is 1.11 bits per heavy atom. The number of nitrogens with one attached hydrogen (secondary N) is 1. The molecule has 0 bridgehead atoms. The van der Waals surface area contributed by atoms with Crippen LogP contribution in [0.5, 0.6) is 0 Å². The Bertz CT molecular complexity index is 1010. The molecule has 4 rings (SSSR count). The number of benzene rings is 1. The van der Waals surface area contributed by atoms with E-state index in [1.54, 1.807) is 25.3 Å². The summed E-state index contributed by atoms with van der Waals surface area (Å²) < 4.78 is 1.52. The van der Waals surface area contributed by atoms with Crippen LogP contribution in [0, 0.1) is 0 Å². The van der Waals surface area contributed by atoms with Crippen molar-refractivity contribution >= 4 is 23.1 Å². The first-order chi connectivity index (χ1) is 13.6. The number of hydrogen-bond donors (Lipinski definition) is 1. The number of hydrogen-bond acceptors (Lipinski definition) is 5. The van der Waals surface area contributed by atoms with Gasteiger partial charge >= 0.3 is 0 Å². The molecule has 144 valence electrons. The number of carbonyl (C=O) groups is 2. The topological polar surface area (TPSA) is 82.8 Å². The molecule has 1 aliphatic heterocycles. The smallest absolute Gasteiger partial charge is 0.276 e. The van der Waals surface area contributed by atoms with Crippen LogP contribution in [0.25, 0.3) is 5.65 Å². The van der Waals surface area contributed by atoms with Crippen molar-refractivity contribution in [2.45, 2.75) is 13.5 Å². The van der Waals surface area contributed by atoms with Gasteiger partial charge in [-0.2, -0.15) is 5.10 Å². The molecule has 2 amide bonds. The van der Waals surface area contributed by atoms with Gasteiger partial charge in [-0.25, -0.2) is 9.50 Å². The third kappa shape index (κ3) is 3.86. The van der Waals surface area contributed by atoms with Crippen LogP contribution < -0.4 is 5.32 Å². The number of aromatic nitrogens is 3. The summed E-state index contributed by atoms with van der Waals surface area (Å²) in [6.45, 7) is 5.61. The van der Waals surface area contributed by atoms with Gasteiger partial charge in [-0.15, -0.1) is 0 Å². The fourth-order valence-corrected chi connectivity index (χ4v) is 3.41. The molecule has 1 N–H and O–H groups in total. The van der Waals surface area contributed by atoms with Gasteiger partial charge in [0, 0.05) is 51.5 Å². The average Bonchev–Trinajstić information content (AvgIpc) is 3.13. The van der Waals surface area contributed by atoms with Gasteiger partial charge in [-0.1, -0.05) is 12.1 Å². The van der Waals surface area contributed by atoms with Gasteiger partial charge in [0.15, 0.2) is 11.3 Å². The highest BCUT2D eigenvalue weighted by atomic mass is 16.2. The molecule has 0 saturated carbocycles. The molecular formula is C20H22N6O2. The van der Waals surface area contributed by atoms with E-state index in [2.05, 4.69) is 20.3 Å². The average molecular weight is 378 g/mol. The van der Waals surface area contributed by atoms with Crippen molar-refractivity contribution in [1.29, 1.82) is 0 Å². The molecule has 28 heavy (non-hydrogen) atoms. The molecule has 0 radical (unpaired) electrons. The van der Waals surface area contributed by atoms with Crippen molar-refractivity contribution < 1.29 is 9.59 Å². The van der Waals surface area contributed by atoms with Gasteiger partial charge in [-0.3, -0.25) is 14.5 Å². The van der Waals surface area contributed by atoms with E-state index < -0.39 is 0 Å². The lowest BCUT2D eigenvalue weighted by Crippen LogP contribution is -2.47. The van der Waals surface area contributed by atoms with Crippen molar-refractivity contribution in [3.63, 3.8) is 0 Å². The predicted octanol–water partition coefficient (Wildman–Crippen LogP) is 1.65. The van der Waals surface area contributed by atoms with Crippen molar-refractivity contribution in [2.75, 3.05) is 31.5 Å². The number of fused-ring (bicyclic) bond motifs is 1. The van der Waals surface area contributed by atoms with E-state index >= 15 is 0 Å². The number of anilines is 1. The second-order valence-corrected chi connectivity index (χ2v) is 6.87. The molecule has 0 unspecified atom stereocenters. The molecule has 3 aromatic rings. The first-order valence-electron chi connectivity index (χ1n) is 9.27. The van der Waals surface area contributed by atoms with E-state index in [0.717, 1.165) is 44.0 Å². The largest absolute Gasteiger partial charge is 0.340 e. The summed E-state index contributed by atoms with van der Waals surface area (Å²) in [5, 5.41) is 7.10. The Hall–Kier alpha value is -3.26. The van der Waals surface area contributed by atoms with E-state index in [0.29, 0.717) is 11.3 Å². The van der Waals surface area contributed by atoms with Crippen molar-refractivity contribution in [2.24, 2.45) is 0 Å². The standard InChI is InChI=1S/C20H22N6O2/c1-15(27)25-10-8-24(9-11-25)14-16-4-2-5-17(12-16)23-20(28)18-13-21-19-6-3-7-22-26(18)19/h2-7,12-13H,8-11,14H2,1H3,(H,23,28). The Morgan fingerprint density at radius 2 is 1.93 bits per heavy atom. The fourth-order valence-electron chi connectivity index (χ4n) is 3.41. The summed E-state index contributed by atoms with van der Waals surface area (Å²) >= 11 is 0. The number of imidazole rings is 1. The number of piperazine rings is 1. The third-order valence-electron chi connectivity index (χ3n) is 4.92. The molecule has 1 aromatic carbocycles. The minimum atomic E-state index is -0.251. The highest BCUT2D eigenvalue weighted by Crippen LogP contribution is 2.15. The van der Waals surface area contributed by atoms with Crippen LogP contribution in [-0.4, -0.2) is 62.4 Å².